The van der Waals surface area contributed by atoms with Crippen LogP contribution in [0.2, 0.25) is 0 Å². The first-order valence-corrected chi connectivity index (χ1v) is 5.01. The molecule has 0 bridgehead atoms. The molecule has 3 rings (SSSR count). The van der Waals surface area contributed by atoms with E-state index in [1.165, 1.54) is 5.69 Å². The summed E-state index contributed by atoms with van der Waals surface area (Å²) in [5, 5.41) is 3.29. The first-order valence-electron chi connectivity index (χ1n) is 5.01. The Morgan fingerprint density at radius 1 is 1.33 bits per heavy atom. The van der Waals surface area contributed by atoms with Crippen LogP contribution in [-0.2, 0) is 0 Å². The van der Waals surface area contributed by atoms with E-state index in [2.05, 4.69) is 44.6 Å². The largest absolute Gasteiger partial charge is 0.345 e. The van der Waals surface area contributed by atoms with Gasteiger partial charge in [0.05, 0.1) is 24.0 Å². The van der Waals surface area contributed by atoms with E-state index in [9.17, 15) is 0 Å². The van der Waals surface area contributed by atoms with E-state index in [0.717, 1.165) is 24.2 Å². The summed E-state index contributed by atoms with van der Waals surface area (Å²) in [5.74, 6) is 0. The molecule has 15 heavy (non-hydrogen) atoms. The smallest absolute Gasteiger partial charge is 0.0931 e. The lowest BCUT2D eigenvalue weighted by molar-refractivity contribution is 0.722. The molecular formula is C11H12N4. The summed E-state index contributed by atoms with van der Waals surface area (Å²) in [4.78, 5) is 9.48. The highest BCUT2D eigenvalue weighted by Crippen LogP contribution is 2.20. The van der Waals surface area contributed by atoms with E-state index in [4.69, 9.17) is 0 Å². The predicted molar refractivity (Wildman–Crippen MR) is 60.6 cm³/mol. The fraction of sp³-hybridized carbons (Fsp3) is 0.182. The second-order valence-electron chi connectivity index (χ2n) is 3.57. The van der Waals surface area contributed by atoms with Crippen LogP contribution < -0.4 is 10.2 Å². The molecular weight excluding hydrogens is 188 g/mol. The van der Waals surface area contributed by atoms with E-state index < -0.39 is 0 Å². The third kappa shape index (κ3) is 1.49. The SMILES string of the molecule is C1=CN(c2ccc3nc[nH]c3c2)CNC1. The molecule has 0 radical (unpaired) electrons. The number of aromatic amines is 1. The van der Waals surface area contributed by atoms with Gasteiger partial charge in [0.2, 0.25) is 0 Å². The maximum atomic E-state index is 4.20. The van der Waals surface area contributed by atoms with E-state index >= 15 is 0 Å². The zero-order valence-electron chi connectivity index (χ0n) is 8.27. The van der Waals surface area contributed by atoms with Gasteiger partial charge in [-0.2, -0.15) is 0 Å². The highest BCUT2D eigenvalue weighted by atomic mass is 15.2. The summed E-state index contributed by atoms with van der Waals surface area (Å²) in [7, 11) is 0. The zero-order chi connectivity index (χ0) is 10.1. The summed E-state index contributed by atoms with van der Waals surface area (Å²) in [6, 6.07) is 6.23. The summed E-state index contributed by atoms with van der Waals surface area (Å²) < 4.78 is 0. The average molecular weight is 200 g/mol. The molecule has 4 nitrogen and oxygen atoms in total. The van der Waals surface area contributed by atoms with Gasteiger partial charge >= 0.3 is 0 Å². The van der Waals surface area contributed by atoms with Crippen LogP contribution in [0.15, 0.2) is 36.8 Å². The highest BCUT2D eigenvalue weighted by molar-refractivity contribution is 5.79. The van der Waals surface area contributed by atoms with Crippen molar-refractivity contribution in [2.45, 2.75) is 0 Å². The Labute approximate surface area is 87.6 Å². The molecule has 0 saturated heterocycles. The Morgan fingerprint density at radius 3 is 3.20 bits per heavy atom. The number of aromatic nitrogens is 2. The molecule has 0 saturated carbocycles. The van der Waals surface area contributed by atoms with Crippen LogP contribution in [0.4, 0.5) is 5.69 Å². The van der Waals surface area contributed by atoms with Crippen molar-refractivity contribution >= 4 is 16.7 Å². The maximum absolute atomic E-state index is 4.20. The standard InChI is InChI=1S/C11H12N4/c1-4-12-8-15(5-1)9-2-3-10-11(6-9)14-7-13-10/h1-3,5-7,12H,4,8H2,(H,13,14). The molecule has 2 heterocycles. The van der Waals surface area contributed by atoms with Gasteiger partial charge in [0.25, 0.3) is 0 Å². The number of anilines is 1. The van der Waals surface area contributed by atoms with E-state index in [1.54, 1.807) is 6.33 Å². The number of hydrogen-bond acceptors (Lipinski definition) is 3. The maximum Gasteiger partial charge on any atom is 0.0931 e. The molecule has 1 aromatic heterocycles. The summed E-state index contributed by atoms with van der Waals surface area (Å²) in [6.07, 6.45) is 5.94. The van der Waals surface area contributed by atoms with Crippen molar-refractivity contribution in [3.63, 3.8) is 0 Å². The monoisotopic (exact) mass is 200 g/mol. The van der Waals surface area contributed by atoms with Gasteiger partial charge in [-0.3, -0.25) is 5.32 Å². The molecule has 2 N–H and O–H groups in total. The van der Waals surface area contributed by atoms with Crippen LogP contribution in [-0.4, -0.2) is 23.2 Å². The van der Waals surface area contributed by atoms with Crippen molar-refractivity contribution in [3.05, 3.63) is 36.8 Å². The number of imidazole rings is 1. The van der Waals surface area contributed by atoms with Crippen molar-refractivity contribution in [2.75, 3.05) is 18.1 Å². The summed E-state index contributed by atoms with van der Waals surface area (Å²) >= 11 is 0. The zero-order valence-corrected chi connectivity index (χ0v) is 8.27. The van der Waals surface area contributed by atoms with Crippen molar-refractivity contribution in [3.8, 4) is 0 Å². The highest BCUT2D eigenvalue weighted by Gasteiger charge is 2.06. The van der Waals surface area contributed by atoms with E-state index in [-0.39, 0.29) is 0 Å². The molecule has 0 atom stereocenters. The van der Waals surface area contributed by atoms with Crippen LogP contribution in [0, 0.1) is 0 Å². The average Bonchev–Trinajstić information content (AvgIpc) is 2.77. The van der Waals surface area contributed by atoms with Crippen molar-refractivity contribution in [1.29, 1.82) is 0 Å². The fourth-order valence-corrected chi connectivity index (χ4v) is 1.78. The van der Waals surface area contributed by atoms with Gasteiger partial charge in [-0.15, -0.1) is 0 Å². The second kappa shape index (κ2) is 3.40. The van der Waals surface area contributed by atoms with Gasteiger partial charge in [0, 0.05) is 18.4 Å². The third-order valence-electron chi connectivity index (χ3n) is 2.57. The van der Waals surface area contributed by atoms with Gasteiger partial charge in [0.15, 0.2) is 0 Å². The first kappa shape index (κ1) is 8.49. The molecule has 4 heteroatoms. The Morgan fingerprint density at radius 2 is 2.33 bits per heavy atom. The van der Waals surface area contributed by atoms with Gasteiger partial charge in [0.1, 0.15) is 0 Å². The normalized spacial score (nSPS) is 16.1. The lowest BCUT2D eigenvalue weighted by Gasteiger charge is -2.24. The van der Waals surface area contributed by atoms with Crippen molar-refractivity contribution in [1.82, 2.24) is 15.3 Å². The summed E-state index contributed by atoms with van der Waals surface area (Å²) in [6.45, 7) is 1.80. The van der Waals surface area contributed by atoms with Crippen LogP contribution >= 0.6 is 0 Å². The lowest BCUT2D eigenvalue weighted by Crippen LogP contribution is -2.34. The van der Waals surface area contributed by atoms with Crippen LogP contribution in [0.5, 0.6) is 0 Å². The van der Waals surface area contributed by atoms with Crippen LogP contribution in [0.1, 0.15) is 0 Å². The van der Waals surface area contributed by atoms with Crippen molar-refractivity contribution in [2.24, 2.45) is 0 Å². The second-order valence-corrected chi connectivity index (χ2v) is 3.57. The topological polar surface area (TPSA) is 44.0 Å². The molecule has 0 amide bonds. The molecule has 1 aliphatic heterocycles. The molecule has 76 valence electrons. The molecule has 0 fully saturated rings. The number of H-pyrrole nitrogens is 1. The first-order chi connectivity index (χ1) is 7.43. The van der Waals surface area contributed by atoms with E-state index in [0.29, 0.717) is 0 Å². The molecule has 1 aliphatic rings. The number of fused-ring (bicyclic) bond motifs is 1. The quantitative estimate of drug-likeness (QED) is 0.732. The molecule has 2 aromatic rings. The number of nitrogens with one attached hydrogen (secondary N) is 2. The van der Waals surface area contributed by atoms with Gasteiger partial charge < -0.3 is 9.88 Å². The van der Waals surface area contributed by atoms with E-state index in [1.807, 2.05) is 6.07 Å². The Bertz CT molecular complexity index is 500. The van der Waals surface area contributed by atoms with Crippen LogP contribution in [0.3, 0.4) is 0 Å². The number of hydrogen-bond donors (Lipinski definition) is 2. The minimum absolute atomic E-state index is 0.857. The number of benzene rings is 1. The number of rotatable bonds is 1. The minimum atomic E-state index is 0.857. The summed E-state index contributed by atoms with van der Waals surface area (Å²) in [5.41, 5.74) is 3.26. The van der Waals surface area contributed by atoms with Gasteiger partial charge in [-0.25, -0.2) is 4.98 Å². The van der Waals surface area contributed by atoms with Crippen molar-refractivity contribution < 1.29 is 0 Å². The minimum Gasteiger partial charge on any atom is -0.345 e. The molecule has 0 spiro atoms. The van der Waals surface area contributed by atoms with Gasteiger partial charge in [-0.1, -0.05) is 6.08 Å². The Hall–Kier alpha value is -1.81. The Balaban J connectivity index is 2.02. The number of nitrogens with zero attached hydrogens (tertiary/aromatic N) is 2. The lowest BCUT2D eigenvalue weighted by atomic mass is 10.2. The molecule has 0 aliphatic carbocycles. The fourth-order valence-electron chi connectivity index (χ4n) is 1.78. The predicted octanol–water partition coefficient (Wildman–Crippen LogP) is 1.44. The molecule has 1 aromatic carbocycles. The van der Waals surface area contributed by atoms with Crippen LogP contribution in [0.25, 0.3) is 11.0 Å². The van der Waals surface area contributed by atoms with Gasteiger partial charge in [-0.05, 0) is 18.2 Å². The third-order valence-corrected chi connectivity index (χ3v) is 2.57. The molecule has 0 unspecified atom stereocenters. The Kier molecular flexibility index (Phi) is 1.93.